The van der Waals surface area contributed by atoms with Gasteiger partial charge in [0.15, 0.2) is 0 Å². The molecule has 0 spiro atoms. The predicted molar refractivity (Wildman–Crippen MR) is 82.8 cm³/mol. The molecule has 0 aliphatic rings. The third-order valence-electron chi connectivity index (χ3n) is 3.57. The van der Waals surface area contributed by atoms with Crippen LogP contribution in [0.3, 0.4) is 0 Å². The smallest absolute Gasteiger partial charge is 0.142 e. The van der Waals surface area contributed by atoms with E-state index in [0.29, 0.717) is 11.1 Å². The van der Waals surface area contributed by atoms with Crippen molar-refractivity contribution in [2.75, 3.05) is 19.1 Å². The molecule has 4 heteroatoms. The van der Waals surface area contributed by atoms with Gasteiger partial charge in [-0.05, 0) is 43.7 Å². The second-order valence-electron chi connectivity index (χ2n) is 5.07. The zero-order chi connectivity index (χ0) is 15.6. The highest BCUT2D eigenvalue weighted by Crippen LogP contribution is 2.37. The van der Waals surface area contributed by atoms with Crippen molar-refractivity contribution in [1.29, 1.82) is 0 Å². The van der Waals surface area contributed by atoms with Crippen LogP contribution in [0.4, 0.5) is 15.8 Å². The Morgan fingerprint density at radius 3 is 2.48 bits per heavy atom. The number of aliphatic hydroxyl groups excluding tert-OH is 1. The first-order chi connectivity index (χ1) is 9.95. The van der Waals surface area contributed by atoms with Gasteiger partial charge in [-0.25, -0.2) is 4.39 Å². The molecule has 0 aromatic heterocycles. The highest BCUT2D eigenvalue weighted by atomic mass is 19.1. The summed E-state index contributed by atoms with van der Waals surface area (Å²) in [7, 11) is 3.48. The molecule has 0 unspecified atom stereocenters. The minimum atomic E-state index is -0.757. The Labute approximate surface area is 124 Å². The Kier molecular flexibility index (Phi) is 4.48. The van der Waals surface area contributed by atoms with Crippen LogP contribution in [0.25, 0.3) is 0 Å². The molecule has 1 N–H and O–H groups in total. The lowest BCUT2D eigenvalue weighted by molar-refractivity contribution is 0.199. The van der Waals surface area contributed by atoms with Crippen molar-refractivity contribution >= 4 is 11.4 Å². The molecule has 0 aliphatic carbocycles. The summed E-state index contributed by atoms with van der Waals surface area (Å²) >= 11 is 0. The number of rotatable bonds is 4. The topological polar surface area (TPSA) is 32.7 Å². The summed E-state index contributed by atoms with van der Waals surface area (Å²) in [5, 5.41) is 9.92. The first-order valence-electron chi connectivity index (χ1n) is 6.80. The number of hydrogen-bond donors (Lipinski definition) is 1. The number of aryl methyl sites for hydroxylation is 1. The van der Waals surface area contributed by atoms with Crippen LogP contribution in [0.15, 0.2) is 36.4 Å². The molecule has 1 atom stereocenters. The maximum absolute atomic E-state index is 13.8. The van der Waals surface area contributed by atoms with E-state index in [0.717, 1.165) is 17.1 Å². The van der Waals surface area contributed by atoms with Gasteiger partial charge in [-0.3, -0.25) is 0 Å². The Hall–Kier alpha value is -2.07. The fraction of sp³-hybridized carbons (Fsp3) is 0.294. The van der Waals surface area contributed by atoms with Crippen molar-refractivity contribution in [2.45, 2.75) is 20.0 Å². The van der Waals surface area contributed by atoms with Gasteiger partial charge in [0, 0.05) is 18.3 Å². The molecule has 0 bridgehead atoms. The molecule has 2 rings (SSSR count). The maximum atomic E-state index is 13.8. The SMILES string of the molecule is COc1ccccc1N(C)c1cc(C)c(F)cc1[C@H](C)O. The molecule has 2 aromatic rings. The number of ether oxygens (including phenoxy) is 1. The number of para-hydroxylation sites is 2. The summed E-state index contributed by atoms with van der Waals surface area (Å²) < 4.78 is 19.1. The van der Waals surface area contributed by atoms with Gasteiger partial charge < -0.3 is 14.7 Å². The van der Waals surface area contributed by atoms with Gasteiger partial charge in [-0.1, -0.05) is 12.1 Å². The lowest BCUT2D eigenvalue weighted by atomic mass is 10.0. The first-order valence-corrected chi connectivity index (χ1v) is 6.80. The van der Waals surface area contributed by atoms with E-state index in [-0.39, 0.29) is 5.82 Å². The van der Waals surface area contributed by atoms with Crippen molar-refractivity contribution < 1.29 is 14.2 Å². The third kappa shape index (κ3) is 3.00. The molecule has 0 fully saturated rings. The zero-order valence-corrected chi connectivity index (χ0v) is 12.7. The average Bonchev–Trinajstić information content (AvgIpc) is 2.48. The summed E-state index contributed by atoms with van der Waals surface area (Å²) in [4.78, 5) is 1.90. The van der Waals surface area contributed by atoms with Crippen LogP contribution in [0.1, 0.15) is 24.2 Å². The minimum absolute atomic E-state index is 0.317. The number of hydrogen-bond acceptors (Lipinski definition) is 3. The Morgan fingerprint density at radius 1 is 1.19 bits per heavy atom. The van der Waals surface area contributed by atoms with Crippen molar-refractivity contribution in [3.8, 4) is 5.75 Å². The second-order valence-corrected chi connectivity index (χ2v) is 5.07. The standard InChI is InChI=1S/C17H20FNO2/c1-11-9-16(13(12(2)20)10-14(11)18)19(3)15-7-5-6-8-17(15)21-4/h5-10,12,20H,1-4H3/t12-/m0/s1. The molecule has 0 saturated heterocycles. The molecule has 0 radical (unpaired) electrons. The maximum Gasteiger partial charge on any atom is 0.142 e. The molecular formula is C17H20FNO2. The van der Waals surface area contributed by atoms with Crippen LogP contribution in [-0.4, -0.2) is 19.3 Å². The zero-order valence-electron chi connectivity index (χ0n) is 12.7. The van der Waals surface area contributed by atoms with Gasteiger partial charge in [-0.2, -0.15) is 0 Å². The van der Waals surface area contributed by atoms with Gasteiger partial charge >= 0.3 is 0 Å². The summed E-state index contributed by atoms with van der Waals surface area (Å²) in [5.74, 6) is 0.404. The van der Waals surface area contributed by atoms with E-state index in [4.69, 9.17) is 4.74 Å². The van der Waals surface area contributed by atoms with Crippen LogP contribution in [0, 0.1) is 12.7 Å². The highest BCUT2D eigenvalue weighted by molar-refractivity contribution is 5.71. The largest absolute Gasteiger partial charge is 0.495 e. The van der Waals surface area contributed by atoms with Crippen molar-refractivity contribution in [1.82, 2.24) is 0 Å². The van der Waals surface area contributed by atoms with E-state index < -0.39 is 6.10 Å². The summed E-state index contributed by atoms with van der Waals surface area (Å²) in [6, 6.07) is 10.7. The van der Waals surface area contributed by atoms with E-state index in [9.17, 15) is 9.50 Å². The lowest BCUT2D eigenvalue weighted by Gasteiger charge is -2.26. The van der Waals surface area contributed by atoms with Crippen LogP contribution < -0.4 is 9.64 Å². The molecule has 0 saturated carbocycles. The van der Waals surface area contributed by atoms with Crippen LogP contribution >= 0.6 is 0 Å². The van der Waals surface area contributed by atoms with Gasteiger partial charge in [0.25, 0.3) is 0 Å². The first kappa shape index (κ1) is 15.3. The minimum Gasteiger partial charge on any atom is -0.495 e. The van der Waals surface area contributed by atoms with E-state index in [1.165, 1.54) is 6.07 Å². The molecule has 0 aliphatic heterocycles. The molecule has 0 heterocycles. The quantitative estimate of drug-likeness (QED) is 0.924. The fourth-order valence-corrected chi connectivity index (χ4v) is 2.34. The van der Waals surface area contributed by atoms with E-state index >= 15 is 0 Å². The number of halogens is 1. The molecule has 112 valence electrons. The average molecular weight is 289 g/mol. The van der Waals surface area contributed by atoms with Gasteiger partial charge in [0.1, 0.15) is 11.6 Å². The van der Waals surface area contributed by atoms with E-state index in [2.05, 4.69) is 0 Å². The van der Waals surface area contributed by atoms with Gasteiger partial charge in [0.05, 0.1) is 18.9 Å². The van der Waals surface area contributed by atoms with Crippen molar-refractivity contribution in [2.24, 2.45) is 0 Å². The van der Waals surface area contributed by atoms with Crippen molar-refractivity contribution in [3.63, 3.8) is 0 Å². The number of nitrogens with zero attached hydrogens (tertiary/aromatic N) is 1. The van der Waals surface area contributed by atoms with E-state index in [1.54, 1.807) is 27.0 Å². The Balaban J connectivity index is 2.57. The number of benzene rings is 2. The second kappa shape index (κ2) is 6.14. The highest BCUT2D eigenvalue weighted by Gasteiger charge is 2.17. The van der Waals surface area contributed by atoms with Crippen LogP contribution in [0.2, 0.25) is 0 Å². The van der Waals surface area contributed by atoms with Crippen molar-refractivity contribution in [3.05, 3.63) is 53.3 Å². The van der Waals surface area contributed by atoms with Crippen LogP contribution in [-0.2, 0) is 0 Å². The monoisotopic (exact) mass is 289 g/mol. The Bertz CT molecular complexity index is 641. The lowest BCUT2D eigenvalue weighted by Crippen LogP contribution is -2.14. The van der Waals surface area contributed by atoms with Crippen LogP contribution in [0.5, 0.6) is 5.75 Å². The number of anilines is 2. The Morgan fingerprint density at radius 2 is 1.86 bits per heavy atom. The molecule has 21 heavy (non-hydrogen) atoms. The summed E-state index contributed by atoms with van der Waals surface area (Å²) in [5.41, 5.74) is 2.70. The van der Waals surface area contributed by atoms with Gasteiger partial charge in [0.2, 0.25) is 0 Å². The fourth-order valence-electron chi connectivity index (χ4n) is 2.34. The molecule has 3 nitrogen and oxygen atoms in total. The van der Waals surface area contributed by atoms with E-state index in [1.807, 2.05) is 36.2 Å². The normalized spacial score (nSPS) is 12.1. The number of aliphatic hydroxyl groups is 1. The molecular weight excluding hydrogens is 269 g/mol. The predicted octanol–water partition coefficient (Wildman–Crippen LogP) is 3.96. The third-order valence-corrected chi connectivity index (χ3v) is 3.57. The molecule has 0 amide bonds. The number of methoxy groups -OCH3 is 1. The molecule has 2 aromatic carbocycles. The summed E-state index contributed by atoms with van der Waals surface area (Å²) in [6.07, 6.45) is -0.757. The van der Waals surface area contributed by atoms with Gasteiger partial charge in [-0.15, -0.1) is 0 Å². The summed E-state index contributed by atoms with van der Waals surface area (Å²) in [6.45, 7) is 3.34.